The lowest BCUT2D eigenvalue weighted by Crippen LogP contribution is -2.20. The molecule has 0 saturated heterocycles. The Morgan fingerprint density at radius 3 is 1.56 bits per heavy atom. The number of halogens is 3. The zero-order valence-corrected chi connectivity index (χ0v) is 11.2. The van der Waals surface area contributed by atoms with Crippen molar-refractivity contribution in [1.29, 1.82) is 0 Å². The van der Waals surface area contributed by atoms with Crippen LogP contribution in [0.25, 0.3) is 0 Å². The third-order valence-corrected chi connectivity index (χ3v) is 3.06. The van der Waals surface area contributed by atoms with E-state index in [1.54, 1.807) is 30.0 Å². The lowest BCUT2D eigenvalue weighted by Gasteiger charge is -2.24. The van der Waals surface area contributed by atoms with Crippen molar-refractivity contribution >= 4 is 11.4 Å². The quantitative estimate of drug-likeness (QED) is 0.816. The third-order valence-electron chi connectivity index (χ3n) is 3.06. The molecule has 1 aromatic rings. The van der Waals surface area contributed by atoms with Gasteiger partial charge in [-0.3, -0.25) is 0 Å². The summed E-state index contributed by atoms with van der Waals surface area (Å²) < 4.78 is 38.5. The summed E-state index contributed by atoms with van der Waals surface area (Å²) in [5.74, 6) is 0. The number of hydrogen-bond acceptors (Lipinski definition) is 2. The molecule has 2 nitrogen and oxygen atoms in total. The lowest BCUT2D eigenvalue weighted by molar-refractivity contribution is -0.137. The molecule has 0 aromatic heterocycles. The van der Waals surface area contributed by atoms with E-state index in [0.29, 0.717) is 24.5 Å². The van der Waals surface area contributed by atoms with Crippen molar-refractivity contribution < 1.29 is 13.2 Å². The van der Waals surface area contributed by atoms with Crippen LogP contribution in [0.5, 0.6) is 0 Å². The number of benzene rings is 1. The van der Waals surface area contributed by atoms with Gasteiger partial charge in [-0.2, -0.15) is 13.2 Å². The second kappa shape index (κ2) is 5.50. The maximum Gasteiger partial charge on any atom is 0.416 e. The zero-order chi connectivity index (χ0) is 13.9. The van der Waals surface area contributed by atoms with E-state index in [-0.39, 0.29) is 0 Å². The van der Waals surface area contributed by atoms with Gasteiger partial charge in [-0.15, -0.1) is 0 Å². The highest BCUT2D eigenvalue weighted by molar-refractivity contribution is 5.61. The largest absolute Gasteiger partial charge is 0.416 e. The van der Waals surface area contributed by atoms with Crippen LogP contribution in [0.4, 0.5) is 24.5 Å². The fourth-order valence-corrected chi connectivity index (χ4v) is 1.56. The molecule has 0 heterocycles. The van der Waals surface area contributed by atoms with Crippen molar-refractivity contribution in [3.05, 3.63) is 23.8 Å². The Balaban J connectivity index is 3.29. The topological polar surface area (TPSA) is 6.48 Å². The maximum absolute atomic E-state index is 12.8. The first-order valence-electron chi connectivity index (χ1n) is 5.94. The Kier molecular flexibility index (Phi) is 4.48. The van der Waals surface area contributed by atoms with Gasteiger partial charge in [-0.25, -0.2) is 0 Å². The Morgan fingerprint density at radius 1 is 0.889 bits per heavy atom. The van der Waals surface area contributed by atoms with Crippen LogP contribution in [0.3, 0.4) is 0 Å². The van der Waals surface area contributed by atoms with E-state index in [1.807, 2.05) is 13.8 Å². The first-order valence-corrected chi connectivity index (χ1v) is 5.94. The van der Waals surface area contributed by atoms with Crippen LogP contribution in [0.15, 0.2) is 18.2 Å². The Hall–Kier alpha value is -1.39. The smallest absolute Gasteiger partial charge is 0.375 e. The third kappa shape index (κ3) is 3.31. The number of rotatable bonds is 4. The molecule has 0 radical (unpaired) electrons. The fraction of sp³-hybridized carbons (Fsp3) is 0.538. The number of alkyl halides is 3. The molecule has 0 amide bonds. The Bertz CT molecular complexity index is 373. The molecule has 5 heteroatoms. The van der Waals surface area contributed by atoms with Crippen molar-refractivity contribution in [2.45, 2.75) is 20.0 Å². The first kappa shape index (κ1) is 14.7. The second-order valence-electron chi connectivity index (χ2n) is 4.26. The van der Waals surface area contributed by atoms with Crippen molar-refractivity contribution in [3.63, 3.8) is 0 Å². The molecule has 0 fully saturated rings. The molecular weight excluding hydrogens is 241 g/mol. The molecule has 0 aliphatic heterocycles. The van der Waals surface area contributed by atoms with E-state index < -0.39 is 11.7 Å². The van der Waals surface area contributed by atoms with Gasteiger partial charge < -0.3 is 9.80 Å². The second-order valence-corrected chi connectivity index (χ2v) is 4.26. The zero-order valence-electron chi connectivity index (χ0n) is 11.2. The summed E-state index contributed by atoms with van der Waals surface area (Å²) >= 11 is 0. The number of anilines is 2. The molecule has 18 heavy (non-hydrogen) atoms. The van der Waals surface area contributed by atoms with E-state index in [0.717, 1.165) is 0 Å². The standard InChI is InChI=1S/C13H19F3N2/c1-5-17(3)11-7-10(13(14,15)16)8-12(9-11)18(4)6-2/h7-9H,5-6H2,1-4H3. The molecule has 1 rings (SSSR count). The van der Waals surface area contributed by atoms with Crippen LogP contribution < -0.4 is 9.80 Å². The van der Waals surface area contributed by atoms with Gasteiger partial charge in [0.1, 0.15) is 0 Å². The highest BCUT2D eigenvalue weighted by atomic mass is 19.4. The molecular formula is C13H19F3N2. The minimum atomic E-state index is -4.31. The molecule has 0 unspecified atom stereocenters. The number of hydrogen-bond donors (Lipinski definition) is 0. The van der Waals surface area contributed by atoms with Crippen molar-refractivity contribution in [3.8, 4) is 0 Å². The van der Waals surface area contributed by atoms with Gasteiger partial charge in [0.2, 0.25) is 0 Å². The van der Waals surface area contributed by atoms with E-state index in [9.17, 15) is 13.2 Å². The summed E-state index contributed by atoms with van der Waals surface area (Å²) in [5.41, 5.74) is 0.570. The summed E-state index contributed by atoms with van der Waals surface area (Å²) in [6.45, 7) is 5.14. The summed E-state index contributed by atoms with van der Waals surface area (Å²) in [4.78, 5) is 3.59. The SMILES string of the molecule is CCN(C)c1cc(N(C)CC)cc(C(F)(F)F)c1. The van der Waals surface area contributed by atoms with Gasteiger partial charge in [0, 0.05) is 38.6 Å². The van der Waals surface area contributed by atoms with Crippen molar-refractivity contribution in [2.24, 2.45) is 0 Å². The monoisotopic (exact) mass is 260 g/mol. The van der Waals surface area contributed by atoms with Crippen LogP contribution in [-0.2, 0) is 6.18 Å². The van der Waals surface area contributed by atoms with Crippen LogP contribution >= 0.6 is 0 Å². The Labute approximate surface area is 106 Å². The molecule has 0 aliphatic carbocycles. The van der Waals surface area contributed by atoms with E-state index in [2.05, 4.69) is 0 Å². The predicted molar refractivity (Wildman–Crippen MR) is 69.3 cm³/mol. The molecule has 0 atom stereocenters. The lowest BCUT2D eigenvalue weighted by atomic mass is 10.1. The summed E-state index contributed by atoms with van der Waals surface area (Å²) in [7, 11) is 3.57. The van der Waals surface area contributed by atoms with Gasteiger partial charge in [-0.1, -0.05) is 0 Å². The van der Waals surface area contributed by atoms with E-state index in [4.69, 9.17) is 0 Å². The molecule has 0 N–H and O–H groups in total. The minimum absolute atomic E-state index is 0.586. The fourth-order valence-electron chi connectivity index (χ4n) is 1.56. The first-order chi connectivity index (χ1) is 8.29. The van der Waals surface area contributed by atoms with Crippen LogP contribution in [-0.4, -0.2) is 27.2 Å². The summed E-state index contributed by atoms with van der Waals surface area (Å²) in [6, 6.07) is 4.16. The van der Waals surface area contributed by atoms with Gasteiger partial charge in [0.15, 0.2) is 0 Å². The summed E-state index contributed by atoms with van der Waals surface area (Å²) in [5, 5.41) is 0. The van der Waals surface area contributed by atoms with Gasteiger partial charge in [0.25, 0.3) is 0 Å². The average molecular weight is 260 g/mol. The highest BCUT2D eigenvalue weighted by Crippen LogP contribution is 2.35. The van der Waals surface area contributed by atoms with E-state index >= 15 is 0 Å². The van der Waals surface area contributed by atoms with Gasteiger partial charge >= 0.3 is 6.18 Å². The van der Waals surface area contributed by atoms with Crippen molar-refractivity contribution in [1.82, 2.24) is 0 Å². The molecule has 102 valence electrons. The molecule has 0 bridgehead atoms. The van der Waals surface area contributed by atoms with Crippen LogP contribution in [0.1, 0.15) is 19.4 Å². The number of nitrogens with zero attached hydrogens (tertiary/aromatic N) is 2. The van der Waals surface area contributed by atoms with Crippen LogP contribution in [0.2, 0.25) is 0 Å². The van der Waals surface area contributed by atoms with Crippen molar-refractivity contribution in [2.75, 3.05) is 37.0 Å². The van der Waals surface area contributed by atoms with E-state index in [1.165, 1.54) is 12.1 Å². The minimum Gasteiger partial charge on any atom is -0.375 e. The molecule has 1 aromatic carbocycles. The normalized spacial score (nSPS) is 11.5. The molecule has 0 spiro atoms. The average Bonchev–Trinajstić information content (AvgIpc) is 2.35. The molecule has 0 saturated carbocycles. The maximum atomic E-state index is 12.8. The molecule has 0 aliphatic rings. The van der Waals surface area contributed by atoms with Crippen LogP contribution in [0, 0.1) is 0 Å². The van der Waals surface area contributed by atoms with Gasteiger partial charge in [0.05, 0.1) is 5.56 Å². The predicted octanol–water partition coefficient (Wildman–Crippen LogP) is 3.62. The van der Waals surface area contributed by atoms with Gasteiger partial charge in [-0.05, 0) is 32.0 Å². The summed E-state index contributed by atoms with van der Waals surface area (Å²) in [6.07, 6.45) is -4.31. The Morgan fingerprint density at radius 2 is 1.28 bits per heavy atom. The highest BCUT2D eigenvalue weighted by Gasteiger charge is 2.31.